The molecule has 170 valence electrons. The maximum atomic E-state index is 13.3. The van der Waals surface area contributed by atoms with Crippen molar-refractivity contribution in [1.29, 1.82) is 0 Å². The Labute approximate surface area is 181 Å². The molecule has 0 aromatic heterocycles. The number of non-ortho nitro benzene ring substituents is 1. The number of ether oxygens (including phenoxy) is 3. The average molecular weight is 435 g/mol. The number of carbonyl (C=O) groups is 2. The van der Waals surface area contributed by atoms with Crippen LogP contribution in [0, 0.1) is 10.1 Å². The lowest BCUT2D eigenvalue weighted by molar-refractivity contribution is -0.384. The fourth-order valence-electron chi connectivity index (χ4n) is 3.19. The van der Waals surface area contributed by atoms with Crippen LogP contribution in [-0.4, -0.2) is 86.3 Å². The summed E-state index contributed by atoms with van der Waals surface area (Å²) >= 11 is 0. The van der Waals surface area contributed by atoms with Gasteiger partial charge in [-0.2, -0.15) is 0 Å². The molecular formula is C21H29N3O7. The molecule has 10 nitrogen and oxygen atoms in total. The Kier molecular flexibility index (Phi) is 9.10. The van der Waals surface area contributed by atoms with Crippen molar-refractivity contribution in [3.8, 4) is 0 Å². The second kappa shape index (κ2) is 11.5. The van der Waals surface area contributed by atoms with E-state index >= 15 is 0 Å². The van der Waals surface area contributed by atoms with E-state index in [1.807, 2.05) is 13.8 Å². The van der Waals surface area contributed by atoms with Crippen molar-refractivity contribution < 1.29 is 28.7 Å². The zero-order chi connectivity index (χ0) is 23.0. The van der Waals surface area contributed by atoms with Crippen LogP contribution in [0.25, 0.3) is 5.57 Å². The molecule has 0 saturated carbocycles. The van der Waals surface area contributed by atoms with Crippen LogP contribution in [-0.2, 0) is 23.8 Å². The molecule has 2 amide bonds. The van der Waals surface area contributed by atoms with Crippen molar-refractivity contribution in [2.75, 3.05) is 53.7 Å². The fourth-order valence-corrected chi connectivity index (χ4v) is 3.19. The van der Waals surface area contributed by atoms with Crippen LogP contribution >= 0.6 is 0 Å². The Morgan fingerprint density at radius 2 is 1.58 bits per heavy atom. The van der Waals surface area contributed by atoms with Gasteiger partial charge in [-0.25, -0.2) is 0 Å². The SMILES string of the molecule is COCCN(CCOC)C1=C(c2ccc([N+](=O)[O-])cc2)C(=O)N(CCOC(C)C)C1=O. The van der Waals surface area contributed by atoms with E-state index < -0.39 is 16.7 Å². The minimum atomic E-state index is -0.514. The molecule has 1 aliphatic rings. The second-order valence-electron chi connectivity index (χ2n) is 7.18. The highest BCUT2D eigenvalue weighted by molar-refractivity contribution is 6.35. The van der Waals surface area contributed by atoms with E-state index in [1.54, 1.807) is 19.1 Å². The number of nitrogens with zero attached hydrogens (tertiary/aromatic N) is 3. The third-order valence-electron chi connectivity index (χ3n) is 4.72. The summed E-state index contributed by atoms with van der Waals surface area (Å²) in [7, 11) is 3.11. The van der Waals surface area contributed by atoms with Gasteiger partial charge in [0.25, 0.3) is 17.5 Å². The molecule has 0 aliphatic carbocycles. The highest BCUT2D eigenvalue weighted by atomic mass is 16.6. The molecule has 0 N–H and O–H groups in total. The van der Waals surface area contributed by atoms with Crippen LogP contribution in [0.4, 0.5) is 5.69 Å². The smallest absolute Gasteiger partial charge is 0.277 e. The summed E-state index contributed by atoms with van der Waals surface area (Å²) in [6, 6.07) is 5.60. The van der Waals surface area contributed by atoms with Gasteiger partial charge in [0.2, 0.25) is 0 Å². The number of nitro benzene ring substituents is 1. The van der Waals surface area contributed by atoms with Crippen molar-refractivity contribution in [1.82, 2.24) is 9.80 Å². The maximum Gasteiger partial charge on any atom is 0.277 e. The molecule has 2 rings (SSSR count). The standard InChI is InChI=1S/C21H29N3O7/c1-15(2)31-14-11-23-20(25)18(16-5-7-17(8-6-16)24(27)28)19(21(23)26)22(9-12-29-3)10-13-30-4/h5-8,15H,9-14H2,1-4H3. The minimum Gasteiger partial charge on any atom is -0.383 e. The molecule has 0 saturated heterocycles. The highest BCUT2D eigenvalue weighted by Crippen LogP contribution is 2.32. The first kappa shape index (κ1) is 24.4. The predicted molar refractivity (Wildman–Crippen MR) is 113 cm³/mol. The van der Waals surface area contributed by atoms with E-state index in [1.165, 1.54) is 24.3 Å². The lowest BCUT2D eigenvalue weighted by atomic mass is 10.0. The van der Waals surface area contributed by atoms with Crippen molar-refractivity contribution in [2.45, 2.75) is 20.0 Å². The van der Waals surface area contributed by atoms with Gasteiger partial charge in [0.1, 0.15) is 5.70 Å². The molecular weight excluding hydrogens is 406 g/mol. The summed E-state index contributed by atoms with van der Waals surface area (Å²) in [5.74, 6) is -0.890. The second-order valence-corrected chi connectivity index (χ2v) is 7.18. The van der Waals surface area contributed by atoms with Gasteiger partial charge in [-0.3, -0.25) is 24.6 Å². The van der Waals surface area contributed by atoms with Crippen molar-refractivity contribution in [2.24, 2.45) is 0 Å². The zero-order valence-corrected chi connectivity index (χ0v) is 18.3. The number of rotatable bonds is 13. The van der Waals surface area contributed by atoms with Crippen LogP contribution in [0.1, 0.15) is 19.4 Å². The molecule has 0 spiro atoms. The molecule has 0 radical (unpaired) electrons. The van der Waals surface area contributed by atoms with Gasteiger partial charge in [-0.1, -0.05) is 0 Å². The molecule has 0 bridgehead atoms. The normalized spacial score (nSPS) is 14.2. The van der Waals surface area contributed by atoms with E-state index in [9.17, 15) is 19.7 Å². The first-order valence-electron chi connectivity index (χ1n) is 10.0. The number of carbonyl (C=O) groups excluding carboxylic acids is 2. The predicted octanol–water partition coefficient (Wildman–Crippen LogP) is 1.69. The first-order chi connectivity index (χ1) is 14.8. The Bertz CT molecular complexity index is 813. The molecule has 10 heteroatoms. The lowest BCUT2D eigenvalue weighted by Gasteiger charge is -2.25. The summed E-state index contributed by atoms with van der Waals surface area (Å²) < 4.78 is 15.8. The number of imide groups is 1. The molecule has 1 aromatic carbocycles. The van der Waals surface area contributed by atoms with Gasteiger partial charge in [0.05, 0.1) is 43.0 Å². The maximum absolute atomic E-state index is 13.3. The summed E-state index contributed by atoms with van der Waals surface area (Å²) in [6.45, 7) is 5.51. The molecule has 1 aromatic rings. The number of benzene rings is 1. The number of methoxy groups -OCH3 is 2. The monoisotopic (exact) mass is 435 g/mol. The minimum absolute atomic E-state index is 0.0331. The van der Waals surface area contributed by atoms with Gasteiger partial charge in [-0.15, -0.1) is 0 Å². The Morgan fingerprint density at radius 3 is 2.06 bits per heavy atom. The molecule has 0 fully saturated rings. The molecule has 1 heterocycles. The van der Waals surface area contributed by atoms with E-state index in [2.05, 4.69) is 0 Å². The van der Waals surface area contributed by atoms with Crippen molar-refractivity contribution >= 4 is 23.1 Å². The molecule has 0 atom stereocenters. The van der Waals surface area contributed by atoms with E-state index in [-0.39, 0.29) is 36.2 Å². The van der Waals surface area contributed by atoms with E-state index in [4.69, 9.17) is 14.2 Å². The van der Waals surface area contributed by atoms with Gasteiger partial charge >= 0.3 is 0 Å². The summed E-state index contributed by atoms with van der Waals surface area (Å²) in [6.07, 6.45) is -0.0331. The van der Waals surface area contributed by atoms with Crippen LogP contribution in [0.5, 0.6) is 0 Å². The van der Waals surface area contributed by atoms with Crippen molar-refractivity contribution in [3.63, 3.8) is 0 Å². The van der Waals surface area contributed by atoms with Crippen LogP contribution in [0.3, 0.4) is 0 Å². The first-order valence-corrected chi connectivity index (χ1v) is 10.0. The van der Waals surface area contributed by atoms with E-state index in [0.717, 1.165) is 4.90 Å². The van der Waals surface area contributed by atoms with E-state index in [0.29, 0.717) is 31.9 Å². The Balaban J connectivity index is 2.46. The third kappa shape index (κ3) is 6.09. The summed E-state index contributed by atoms with van der Waals surface area (Å²) in [5.41, 5.74) is 0.778. The van der Waals surface area contributed by atoms with Crippen molar-refractivity contribution in [3.05, 3.63) is 45.6 Å². The number of hydrogen-bond acceptors (Lipinski definition) is 8. The number of hydrogen-bond donors (Lipinski definition) is 0. The average Bonchev–Trinajstić information content (AvgIpc) is 2.98. The summed E-state index contributed by atoms with van der Waals surface area (Å²) in [4.78, 5) is 39.9. The molecule has 31 heavy (non-hydrogen) atoms. The Morgan fingerprint density at radius 1 is 1.00 bits per heavy atom. The molecule has 0 unspecified atom stereocenters. The number of amides is 2. The van der Waals surface area contributed by atoms with Gasteiger partial charge in [0.15, 0.2) is 0 Å². The van der Waals surface area contributed by atoms with Crippen LogP contribution in [0.15, 0.2) is 30.0 Å². The number of nitro groups is 1. The van der Waals surface area contributed by atoms with Crippen LogP contribution < -0.4 is 0 Å². The largest absolute Gasteiger partial charge is 0.383 e. The fraction of sp³-hybridized carbons (Fsp3) is 0.524. The zero-order valence-electron chi connectivity index (χ0n) is 18.3. The van der Waals surface area contributed by atoms with Crippen LogP contribution in [0.2, 0.25) is 0 Å². The highest BCUT2D eigenvalue weighted by Gasteiger charge is 2.41. The Hall–Kier alpha value is -2.82. The topological polar surface area (TPSA) is 111 Å². The lowest BCUT2D eigenvalue weighted by Crippen LogP contribution is -2.39. The van der Waals surface area contributed by atoms with Gasteiger partial charge in [0, 0.05) is 39.4 Å². The summed E-state index contributed by atoms with van der Waals surface area (Å²) in [5, 5.41) is 11.0. The van der Waals surface area contributed by atoms with Gasteiger partial charge in [-0.05, 0) is 31.5 Å². The third-order valence-corrected chi connectivity index (χ3v) is 4.72. The quantitative estimate of drug-likeness (QED) is 0.261. The van der Waals surface area contributed by atoms with Gasteiger partial charge < -0.3 is 19.1 Å². The molecule has 1 aliphatic heterocycles.